The number of aromatic amines is 1. The van der Waals surface area contributed by atoms with Crippen molar-refractivity contribution in [2.24, 2.45) is 0 Å². The third kappa shape index (κ3) is 2.21. The van der Waals surface area contributed by atoms with Crippen molar-refractivity contribution in [3.63, 3.8) is 0 Å². The number of unbranched alkanes of at least 4 members (excludes halogenated alkanes) is 1. The van der Waals surface area contributed by atoms with Crippen LogP contribution in [0.5, 0.6) is 5.88 Å². The molecule has 2 aromatic rings. The number of hydrogen-bond donors (Lipinski definition) is 1. The van der Waals surface area contributed by atoms with Crippen LogP contribution in [-0.4, -0.2) is 16.6 Å². The number of H-pyrrole nitrogens is 1. The van der Waals surface area contributed by atoms with Crippen LogP contribution in [0.3, 0.4) is 0 Å². The number of pyridine rings is 2. The summed E-state index contributed by atoms with van der Waals surface area (Å²) in [5.41, 5.74) is -0.111. The summed E-state index contributed by atoms with van der Waals surface area (Å²) in [4.78, 5) is 18.3. The van der Waals surface area contributed by atoms with Crippen LogP contribution in [0.4, 0.5) is 0 Å². The molecule has 0 saturated heterocycles. The summed E-state index contributed by atoms with van der Waals surface area (Å²) in [5.74, 6) is 0.512. The zero-order valence-electron chi connectivity index (χ0n) is 9.19. The minimum absolute atomic E-state index is 0.111. The molecule has 2 heterocycles. The molecular formula is C12H14N2O2. The van der Waals surface area contributed by atoms with E-state index in [-0.39, 0.29) is 5.56 Å². The SMILES string of the molecule is CCCCOc1cc2c(=O)[nH]ccc2cn1. The van der Waals surface area contributed by atoms with Crippen LogP contribution in [-0.2, 0) is 0 Å². The first-order valence-electron chi connectivity index (χ1n) is 5.41. The number of ether oxygens (including phenoxy) is 1. The van der Waals surface area contributed by atoms with Gasteiger partial charge in [-0.1, -0.05) is 13.3 Å². The van der Waals surface area contributed by atoms with Gasteiger partial charge in [0.15, 0.2) is 0 Å². The predicted octanol–water partition coefficient (Wildman–Crippen LogP) is 2.10. The molecule has 0 aromatic carbocycles. The molecule has 84 valence electrons. The van der Waals surface area contributed by atoms with Crippen LogP contribution in [0, 0.1) is 0 Å². The highest BCUT2D eigenvalue weighted by Gasteiger charge is 2.01. The van der Waals surface area contributed by atoms with Crippen LogP contribution >= 0.6 is 0 Å². The summed E-state index contributed by atoms with van der Waals surface area (Å²) in [6, 6.07) is 3.50. The second-order valence-electron chi connectivity index (χ2n) is 3.62. The van der Waals surface area contributed by atoms with E-state index in [2.05, 4.69) is 16.9 Å². The molecule has 1 N–H and O–H groups in total. The zero-order valence-corrected chi connectivity index (χ0v) is 9.19. The number of nitrogens with one attached hydrogen (secondary N) is 1. The van der Waals surface area contributed by atoms with Crippen LogP contribution in [0.2, 0.25) is 0 Å². The van der Waals surface area contributed by atoms with Gasteiger partial charge < -0.3 is 9.72 Å². The van der Waals surface area contributed by atoms with Crippen molar-refractivity contribution in [2.45, 2.75) is 19.8 Å². The molecule has 0 amide bonds. The number of rotatable bonds is 4. The zero-order chi connectivity index (χ0) is 11.4. The molecule has 4 heteroatoms. The average Bonchev–Trinajstić information content (AvgIpc) is 2.30. The summed E-state index contributed by atoms with van der Waals surface area (Å²) >= 11 is 0. The molecule has 0 unspecified atom stereocenters. The van der Waals surface area contributed by atoms with Gasteiger partial charge in [-0.25, -0.2) is 4.98 Å². The van der Waals surface area contributed by atoms with Crippen molar-refractivity contribution in [1.82, 2.24) is 9.97 Å². The Kier molecular flexibility index (Phi) is 3.19. The molecule has 2 rings (SSSR count). The molecule has 16 heavy (non-hydrogen) atoms. The topological polar surface area (TPSA) is 55.0 Å². The summed E-state index contributed by atoms with van der Waals surface area (Å²) in [5, 5.41) is 1.44. The lowest BCUT2D eigenvalue weighted by atomic mass is 10.2. The van der Waals surface area contributed by atoms with E-state index in [1.54, 1.807) is 18.5 Å². The van der Waals surface area contributed by atoms with E-state index in [0.717, 1.165) is 18.2 Å². The molecule has 0 radical (unpaired) electrons. The monoisotopic (exact) mass is 218 g/mol. The van der Waals surface area contributed by atoms with Gasteiger partial charge in [0.2, 0.25) is 5.88 Å². The first-order valence-corrected chi connectivity index (χ1v) is 5.41. The van der Waals surface area contributed by atoms with Gasteiger partial charge in [-0.2, -0.15) is 0 Å². The van der Waals surface area contributed by atoms with Gasteiger partial charge in [-0.3, -0.25) is 4.79 Å². The van der Waals surface area contributed by atoms with Crippen molar-refractivity contribution in [2.75, 3.05) is 6.61 Å². The van der Waals surface area contributed by atoms with Crippen molar-refractivity contribution in [3.05, 3.63) is 34.9 Å². The highest BCUT2D eigenvalue weighted by molar-refractivity contribution is 5.81. The fourth-order valence-electron chi connectivity index (χ4n) is 1.46. The van der Waals surface area contributed by atoms with Crippen LogP contribution in [0.15, 0.2) is 29.3 Å². The van der Waals surface area contributed by atoms with E-state index in [0.29, 0.717) is 17.9 Å². The van der Waals surface area contributed by atoms with Gasteiger partial charge in [-0.05, 0) is 12.5 Å². The largest absolute Gasteiger partial charge is 0.478 e. The van der Waals surface area contributed by atoms with Crippen LogP contribution in [0.25, 0.3) is 10.8 Å². The molecule has 0 spiro atoms. The maximum Gasteiger partial charge on any atom is 0.256 e. The summed E-state index contributed by atoms with van der Waals surface area (Å²) in [7, 11) is 0. The molecule has 0 saturated carbocycles. The first kappa shape index (κ1) is 10.7. The highest BCUT2D eigenvalue weighted by Crippen LogP contribution is 2.14. The van der Waals surface area contributed by atoms with Crippen molar-refractivity contribution < 1.29 is 4.74 Å². The number of hydrogen-bond acceptors (Lipinski definition) is 3. The maximum absolute atomic E-state index is 11.5. The standard InChI is InChI=1S/C12H14N2O2/c1-2-3-6-16-11-7-10-9(8-14-11)4-5-13-12(10)15/h4-5,7-8H,2-3,6H2,1H3,(H,13,15). The van der Waals surface area contributed by atoms with Gasteiger partial charge >= 0.3 is 0 Å². The molecular weight excluding hydrogens is 204 g/mol. The number of aromatic nitrogens is 2. The van der Waals surface area contributed by atoms with Gasteiger partial charge in [0.25, 0.3) is 5.56 Å². The quantitative estimate of drug-likeness (QED) is 0.799. The van der Waals surface area contributed by atoms with Crippen LogP contribution in [0.1, 0.15) is 19.8 Å². The second-order valence-corrected chi connectivity index (χ2v) is 3.62. The number of fused-ring (bicyclic) bond motifs is 1. The molecule has 0 bridgehead atoms. The lowest BCUT2D eigenvalue weighted by molar-refractivity contribution is 0.298. The summed E-state index contributed by atoms with van der Waals surface area (Å²) in [6.07, 6.45) is 5.34. The normalized spacial score (nSPS) is 10.6. The lowest BCUT2D eigenvalue weighted by Crippen LogP contribution is -2.06. The highest BCUT2D eigenvalue weighted by atomic mass is 16.5. The molecule has 0 aliphatic heterocycles. The van der Waals surface area contributed by atoms with Gasteiger partial charge in [0.1, 0.15) is 0 Å². The molecule has 0 atom stereocenters. The number of nitrogens with zero attached hydrogens (tertiary/aromatic N) is 1. The Hall–Kier alpha value is -1.84. The van der Waals surface area contributed by atoms with Gasteiger partial charge in [-0.15, -0.1) is 0 Å². The molecule has 0 fully saturated rings. The lowest BCUT2D eigenvalue weighted by Gasteiger charge is -2.04. The fourth-order valence-corrected chi connectivity index (χ4v) is 1.46. The van der Waals surface area contributed by atoms with Gasteiger partial charge in [0, 0.05) is 23.8 Å². The van der Waals surface area contributed by atoms with E-state index < -0.39 is 0 Å². The molecule has 2 aromatic heterocycles. The maximum atomic E-state index is 11.5. The Labute approximate surface area is 93.3 Å². The predicted molar refractivity (Wildman–Crippen MR) is 62.8 cm³/mol. The summed E-state index contributed by atoms with van der Waals surface area (Å²) in [6.45, 7) is 2.74. The van der Waals surface area contributed by atoms with Crippen molar-refractivity contribution >= 4 is 10.8 Å². The third-order valence-corrected chi connectivity index (χ3v) is 2.38. The second kappa shape index (κ2) is 4.79. The summed E-state index contributed by atoms with van der Waals surface area (Å²) < 4.78 is 5.45. The van der Waals surface area contributed by atoms with E-state index in [1.807, 2.05) is 6.07 Å². The first-order chi connectivity index (χ1) is 7.81. The van der Waals surface area contributed by atoms with E-state index in [4.69, 9.17) is 4.74 Å². The Bertz CT molecular complexity index is 534. The van der Waals surface area contributed by atoms with E-state index in [9.17, 15) is 4.79 Å². The molecule has 4 nitrogen and oxygen atoms in total. The van der Waals surface area contributed by atoms with Crippen LogP contribution < -0.4 is 10.3 Å². The minimum Gasteiger partial charge on any atom is -0.478 e. The molecule has 0 aliphatic rings. The minimum atomic E-state index is -0.111. The van der Waals surface area contributed by atoms with E-state index in [1.165, 1.54) is 0 Å². The Morgan fingerprint density at radius 3 is 3.19 bits per heavy atom. The van der Waals surface area contributed by atoms with E-state index >= 15 is 0 Å². The van der Waals surface area contributed by atoms with Crippen molar-refractivity contribution in [1.29, 1.82) is 0 Å². The Morgan fingerprint density at radius 2 is 2.38 bits per heavy atom. The fraction of sp³-hybridized carbons (Fsp3) is 0.333. The Morgan fingerprint density at radius 1 is 1.50 bits per heavy atom. The third-order valence-electron chi connectivity index (χ3n) is 2.38. The Balaban J connectivity index is 2.29. The average molecular weight is 218 g/mol. The molecule has 0 aliphatic carbocycles. The van der Waals surface area contributed by atoms with Crippen molar-refractivity contribution in [3.8, 4) is 5.88 Å². The van der Waals surface area contributed by atoms with Gasteiger partial charge in [0.05, 0.1) is 12.0 Å². The smallest absolute Gasteiger partial charge is 0.256 e.